The fraction of sp³-hybridized carbons (Fsp3) is 0.304. The maximum absolute atomic E-state index is 12.7. The van der Waals surface area contributed by atoms with E-state index in [-0.39, 0.29) is 17.4 Å². The summed E-state index contributed by atoms with van der Waals surface area (Å²) in [5, 5.41) is 3.16. The molecule has 7 nitrogen and oxygen atoms in total. The van der Waals surface area contributed by atoms with Crippen LogP contribution in [0.1, 0.15) is 41.1 Å². The lowest BCUT2D eigenvalue weighted by atomic mass is 10.1. The van der Waals surface area contributed by atoms with Crippen LogP contribution in [0.15, 0.2) is 51.7 Å². The van der Waals surface area contributed by atoms with Crippen molar-refractivity contribution in [1.29, 1.82) is 0 Å². The van der Waals surface area contributed by atoms with Crippen molar-refractivity contribution in [3.8, 4) is 0 Å². The molecule has 0 bridgehead atoms. The molecule has 1 amide bonds. The molecule has 31 heavy (non-hydrogen) atoms. The van der Waals surface area contributed by atoms with Crippen molar-refractivity contribution in [1.82, 2.24) is 0 Å². The number of hydrogen-bond donors (Lipinski definition) is 1. The molecule has 1 aromatic heterocycles. The predicted octanol–water partition coefficient (Wildman–Crippen LogP) is 5.43. The van der Waals surface area contributed by atoms with E-state index in [9.17, 15) is 14.2 Å². The number of carbonyl (C=O) groups excluding carboxylic acids is 1. The van der Waals surface area contributed by atoms with Crippen molar-refractivity contribution in [2.75, 3.05) is 18.5 Å². The van der Waals surface area contributed by atoms with Crippen molar-refractivity contribution in [3.63, 3.8) is 0 Å². The van der Waals surface area contributed by atoms with Gasteiger partial charge in [-0.25, -0.2) is 0 Å². The minimum Gasteiger partial charge on any atom is -0.451 e. The number of aryl methyl sites for hydroxylation is 2. The van der Waals surface area contributed by atoms with Crippen LogP contribution in [-0.2, 0) is 19.8 Å². The zero-order valence-electron chi connectivity index (χ0n) is 18.1. The van der Waals surface area contributed by atoms with Crippen LogP contribution in [0.3, 0.4) is 0 Å². The first kappa shape index (κ1) is 22.9. The number of fused-ring (bicyclic) bond motifs is 1. The van der Waals surface area contributed by atoms with Crippen LogP contribution in [0, 0.1) is 13.8 Å². The van der Waals surface area contributed by atoms with Gasteiger partial charge >= 0.3 is 7.60 Å². The predicted molar refractivity (Wildman–Crippen MR) is 121 cm³/mol. The van der Waals surface area contributed by atoms with Crippen LogP contribution in [0.2, 0.25) is 0 Å². The second-order valence-corrected chi connectivity index (χ2v) is 9.22. The van der Waals surface area contributed by atoms with Gasteiger partial charge in [0.15, 0.2) is 11.2 Å². The van der Waals surface area contributed by atoms with Crippen LogP contribution >= 0.6 is 7.60 Å². The number of benzene rings is 2. The summed E-state index contributed by atoms with van der Waals surface area (Å²) in [6.07, 6.45) is 0.140. The Hall–Kier alpha value is -2.73. The Balaban J connectivity index is 1.77. The molecule has 3 aromatic rings. The molecule has 0 aliphatic rings. The monoisotopic (exact) mass is 443 g/mol. The zero-order chi connectivity index (χ0) is 22.6. The van der Waals surface area contributed by atoms with Crippen LogP contribution in [0.25, 0.3) is 11.0 Å². The fourth-order valence-electron chi connectivity index (χ4n) is 3.16. The number of carbonyl (C=O) groups is 1. The number of anilines is 1. The molecular weight excluding hydrogens is 417 g/mol. The van der Waals surface area contributed by atoms with E-state index in [0.29, 0.717) is 29.9 Å². The summed E-state index contributed by atoms with van der Waals surface area (Å²) >= 11 is 0. The summed E-state index contributed by atoms with van der Waals surface area (Å²) < 4.78 is 29.0. The lowest BCUT2D eigenvalue weighted by Crippen LogP contribution is -2.15. The summed E-state index contributed by atoms with van der Waals surface area (Å²) in [5.74, 6) is -0.596. The third-order valence-corrected chi connectivity index (χ3v) is 6.86. The van der Waals surface area contributed by atoms with Gasteiger partial charge in [-0.15, -0.1) is 0 Å². The van der Waals surface area contributed by atoms with E-state index in [1.54, 1.807) is 50.2 Å². The molecule has 0 saturated heterocycles. The smallest absolute Gasteiger partial charge is 0.335 e. The Bertz CT molecular complexity index is 1190. The Morgan fingerprint density at radius 1 is 1.00 bits per heavy atom. The van der Waals surface area contributed by atoms with Gasteiger partial charge in [-0.05, 0) is 68.7 Å². The zero-order valence-corrected chi connectivity index (χ0v) is 19.0. The van der Waals surface area contributed by atoms with E-state index >= 15 is 0 Å². The highest BCUT2D eigenvalue weighted by Crippen LogP contribution is 2.51. The third-order valence-electron chi connectivity index (χ3n) is 4.81. The van der Waals surface area contributed by atoms with Crippen LogP contribution in [-0.4, -0.2) is 19.1 Å². The fourth-order valence-corrected chi connectivity index (χ4v) is 4.86. The van der Waals surface area contributed by atoms with E-state index in [1.165, 1.54) is 6.07 Å². The maximum atomic E-state index is 12.7. The minimum absolute atomic E-state index is 0.0676. The highest BCUT2D eigenvalue weighted by atomic mass is 31.2. The molecule has 0 aliphatic heterocycles. The van der Waals surface area contributed by atoms with Gasteiger partial charge in [0.25, 0.3) is 5.91 Å². The second kappa shape index (κ2) is 9.60. The molecule has 0 saturated carbocycles. The molecule has 0 atom stereocenters. The van der Waals surface area contributed by atoms with E-state index in [2.05, 4.69) is 5.32 Å². The first-order valence-electron chi connectivity index (χ1n) is 10.1. The molecule has 8 heteroatoms. The highest BCUT2D eigenvalue weighted by molar-refractivity contribution is 7.53. The number of hydrogen-bond acceptors (Lipinski definition) is 6. The summed E-state index contributed by atoms with van der Waals surface area (Å²) in [6, 6.07) is 11.6. The number of amides is 1. The Morgan fingerprint density at radius 2 is 1.61 bits per heavy atom. The van der Waals surface area contributed by atoms with Crippen molar-refractivity contribution in [3.05, 3.63) is 75.1 Å². The van der Waals surface area contributed by atoms with Crippen LogP contribution < -0.4 is 10.7 Å². The quantitative estimate of drug-likeness (QED) is 0.467. The molecule has 0 radical (unpaired) electrons. The van der Waals surface area contributed by atoms with Crippen molar-refractivity contribution in [2.24, 2.45) is 0 Å². The van der Waals surface area contributed by atoms with Gasteiger partial charge in [0.1, 0.15) is 5.58 Å². The molecule has 164 valence electrons. The lowest BCUT2D eigenvalue weighted by Gasteiger charge is -2.17. The largest absolute Gasteiger partial charge is 0.451 e. The summed E-state index contributed by atoms with van der Waals surface area (Å²) in [5.41, 5.74) is 3.33. The molecule has 0 unspecified atom stereocenters. The van der Waals surface area contributed by atoms with Gasteiger partial charge in [-0.1, -0.05) is 12.1 Å². The van der Waals surface area contributed by atoms with Crippen LogP contribution in [0.4, 0.5) is 5.69 Å². The Kier molecular flexibility index (Phi) is 7.11. The maximum Gasteiger partial charge on any atom is 0.335 e. The average Bonchev–Trinajstić information content (AvgIpc) is 2.71. The van der Waals surface area contributed by atoms with E-state index in [1.807, 2.05) is 13.8 Å². The van der Waals surface area contributed by atoms with E-state index in [4.69, 9.17) is 13.5 Å². The second-order valence-electron chi connectivity index (χ2n) is 7.16. The van der Waals surface area contributed by atoms with Gasteiger partial charge < -0.3 is 18.8 Å². The lowest BCUT2D eigenvalue weighted by molar-refractivity contribution is 0.0997. The SMILES string of the molecule is CCOP(=O)(Cc1ccc(NC(=O)c2cc(=O)c3cc(C)c(C)cc3o2)cc1)OCC. The number of rotatable bonds is 8. The first-order chi connectivity index (χ1) is 14.7. The molecule has 3 rings (SSSR count). The molecule has 1 N–H and O–H groups in total. The van der Waals surface area contributed by atoms with E-state index < -0.39 is 13.5 Å². The molecule has 0 fully saturated rings. The van der Waals surface area contributed by atoms with Crippen molar-refractivity contribution in [2.45, 2.75) is 33.9 Å². The van der Waals surface area contributed by atoms with E-state index in [0.717, 1.165) is 16.7 Å². The highest BCUT2D eigenvalue weighted by Gasteiger charge is 2.24. The summed E-state index contributed by atoms with van der Waals surface area (Å²) in [4.78, 5) is 25.0. The van der Waals surface area contributed by atoms with Crippen molar-refractivity contribution >= 4 is 30.2 Å². The summed E-state index contributed by atoms with van der Waals surface area (Å²) in [7, 11) is -3.21. The standard InChI is InChI=1S/C23H26NO6P/c1-5-28-31(27,29-6-2)14-17-7-9-18(10-8-17)24-23(26)22-13-20(25)19-11-15(3)16(4)12-21(19)30-22/h7-13H,5-6,14H2,1-4H3,(H,24,26). The first-order valence-corrected chi connectivity index (χ1v) is 11.8. The normalized spacial score (nSPS) is 11.6. The molecular formula is C23H26NO6P. The van der Waals surface area contributed by atoms with Gasteiger partial charge in [0.05, 0.1) is 24.8 Å². The van der Waals surface area contributed by atoms with Crippen molar-refractivity contribution < 1.29 is 22.8 Å². The molecule has 0 aliphatic carbocycles. The van der Waals surface area contributed by atoms with Gasteiger partial charge in [-0.2, -0.15) is 0 Å². The Labute approximate surface area is 180 Å². The van der Waals surface area contributed by atoms with Gasteiger partial charge in [0, 0.05) is 11.8 Å². The van der Waals surface area contributed by atoms with Gasteiger partial charge in [0.2, 0.25) is 0 Å². The topological polar surface area (TPSA) is 94.8 Å². The molecule has 1 heterocycles. The minimum atomic E-state index is -3.21. The number of nitrogens with one attached hydrogen (secondary N) is 1. The Morgan fingerprint density at radius 3 is 2.23 bits per heavy atom. The average molecular weight is 443 g/mol. The summed E-state index contributed by atoms with van der Waals surface area (Å²) in [6.45, 7) is 7.94. The molecule has 0 spiro atoms. The van der Waals surface area contributed by atoms with Crippen LogP contribution in [0.5, 0.6) is 0 Å². The van der Waals surface area contributed by atoms with Gasteiger partial charge in [-0.3, -0.25) is 14.2 Å². The molecule has 2 aromatic carbocycles. The third kappa shape index (κ3) is 5.50.